The number of ether oxygens (including phenoxy) is 2. The molecule has 19 heavy (non-hydrogen) atoms. The SMILES string of the molecule is COc1ccc(CNCCOCC2CC2)cc1C#N. The molecule has 1 aromatic rings. The van der Waals surface area contributed by atoms with E-state index >= 15 is 0 Å². The van der Waals surface area contributed by atoms with Gasteiger partial charge in [-0.05, 0) is 36.5 Å². The van der Waals surface area contributed by atoms with Crippen LogP contribution in [0.15, 0.2) is 18.2 Å². The summed E-state index contributed by atoms with van der Waals surface area (Å²) in [5, 5.41) is 12.3. The second-order valence-corrected chi connectivity index (χ2v) is 4.84. The fourth-order valence-corrected chi connectivity index (χ4v) is 1.86. The van der Waals surface area contributed by atoms with Crippen molar-refractivity contribution in [2.24, 2.45) is 5.92 Å². The summed E-state index contributed by atoms with van der Waals surface area (Å²) in [7, 11) is 1.57. The molecular formula is C15H20N2O2. The highest BCUT2D eigenvalue weighted by Crippen LogP contribution is 2.28. The zero-order valence-corrected chi connectivity index (χ0v) is 11.3. The van der Waals surface area contributed by atoms with E-state index in [1.54, 1.807) is 7.11 Å². The standard InChI is InChI=1S/C15H20N2O2/c1-18-15-5-4-13(8-14(15)9-16)10-17-6-7-19-11-12-2-3-12/h4-5,8,12,17H,2-3,6-7,10-11H2,1H3. The van der Waals surface area contributed by atoms with E-state index in [-0.39, 0.29) is 0 Å². The quantitative estimate of drug-likeness (QED) is 0.727. The molecule has 1 aliphatic rings. The van der Waals surface area contributed by atoms with Gasteiger partial charge in [0.15, 0.2) is 0 Å². The molecule has 0 bridgehead atoms. The van der Waals surface area contributed by atoms with Gasteiger partial charge in [-0.3, -0.25) is 0 Å². The van der Waals surface area contributed by atoms with E-state index in [0.29, 0.717) is 11.3 Å². The third-order valence-corrected chi connectivity index (χ3v) is 3.19. The highest BCUT2D eigenvalue weighted by atomic mass is 16.5. The van der Waals surface area contributed by atoms with Crippen molar-refractivity contribution in [2.75, 3.05) is 26.9 Å². The van der Waals surface area contributed by atoms with Gasteiger partial charge in [-0.1, -0.05) is 6.07 Å². The van der Waals surface area contributed by atoms with Gasteiger partial charge in [-0.25, -0.2) is 0 Å². The van der Waals surface area contributed by atoms with Gasteiger partial charge >= 0.3 is 0 Å². The van der Waals surface area contributed by atoms with Crippen molar-refractivity contribution in [1.82, 2.24) is 5.32 Å². The molecule has 0 unspecified atom stereocenters. The van der Waals surface area contributed by atoms with Crippen LogP contribution in [0.4, 0.5) is 0 Å². The van der Waals surface area contributed by atoms with E-state index < -0.39 is 0 Å². The molecule has 1 fully saturated rings. The topological polar surface area (TPSA) is 54.3 Å². The van der Waals surface area contributed by atoms with Gasteiger partial charge in [0.25, 0.3) is 0 Å². The molecule has 4 nitrogen and oxygen atoms in total. The fraction of sp³-hybridized carbons (Fsp3) is 0.533. The summed E-state index contributed by atoms with van der Waals surface area (Å²) in [6.07, 6.45) is 2.66. The van der Waals surface area contributed by atoms with E-state index in [1.807, 2.05) is 18.2 Å². The molecule has 0 spiro atoms. The fourth-order valence-electron chi connectivity index (χ4n) is 1.86. The Balaban J connectivity index is 1.68. The molecule has 0 radical (unpaired) electrons. The average molecular weight is 260 g/mol. The van der Waals surface area contributed by atoms with Crippen LogP contribution in [0.2, 0.25) is 0 Å². The van der Waals surface area contributed by atoms with Crippen LogP contribution in [0.5, 0.6) is 5.75 Å². The molecule has 0 atom stereocenters. The van der Waals surface area contributed by atoms with Crippen molar-refractivity contribution in [3.63, 3.8) is 0 Å². The first-order chi connectivity index (χ1) is 9.33. The van der Waals surface area contributed by atoms with Crippen LogP contribution in [-0.4, -0.2) is 26.9 Å². The number of benzene rings is 1. The molecule has 0 aromatic heterocycles. The zero-order valence-electron chi connectivity index (χ0n) is 11.3. The Kier molecular flexibility index (Phi) is 5.20. The van der Waals surface area contributed by atoms with Crippen LogP contribution in [0.1, 0.15) is 24.0 Å². The first kappa shape index (κ1) is 13.9. The highest BCUT2D eigenvalue weighted by molar-refractivity contribution is 5.45. The minimum atomic E-state index is 0.576. The average Bonchev–Trinajstić information content (AvgIpc) is 3.26. The lowest BCUT2D eigenvalue weighted by molar-refractivity contribution is 0.126. The molecule has 1 saturated carbocycles. The van der Waals surface area contributed by atoms with Gasteiger partial charge in [0.05, 0.1) is 19.3 Å². The van der Waals surface area contributed by atoms with Crippen LogP contribution in [-0.2, 0) is 11.3 Å². The maximum Gasteiger partial charge on any atom is 0.136 e. The second kappa shape index (κ2) is 7.13. The van der Waals surface area contributed by atoms with Crippen LogP contribution in [0.25, 0.3) is 0 Å². The van der Waals surface area contributed by atoms with Crippen molar-refractivity contribution >= 4 is 0 Å². The third kappa shape index (κ3) is 4.55. The minimum Gasteiger partial charge on any atom is -0.495 e. The van der Waals surface area contributed by atoms with E-state index in [2.05, 4.69) is 11.4 Å². The van der Waals surface area contributed by atoms with Crippen molar-refractivity contribution < 1.29 is 9.47 Å². The molecule has 1 aromatic carbocycles. The summed E-state index contributed by atoms with van der Waals surface area (Å²) < 4.78 is 10.7. The smallest absolute Gasteiger partial charge is 0.136 e. The lowest BCUT2D eigenvalue weighted by Crippen LogP contribution is -2.19. The van der Waals surface area contributed by atoms with Gasteiger partial charge in [0.1, 0.15) is 11.8 Å². The summed E-state index contributed by atoms with van der Waals surface area (Å²) >= 11 is 0. The number of nitrogens with zero attached hydrogens (tertiary/aromatic N) is 1. The maximum absolute atomic E-state index is 9.00. The van der Waals surface area contributed by atoms with Crippen LogP contribution >= 0.6 is 0 Å². The number of hydrogen-bond acceptors (Lipinski definition) is 4. The normalized spacial score (nSPS) is 14.1. The molecule has 0 amide bonds. The largest absolute Gasteiger partial charge is 0.495 e. The molecule has 0 saturated heterocycles. The summed E-state index contributed by atoms with van der Waals surface area (Å²) in [6.45, 7) is 3.23. The molecule has 1 N–H and O–H groups in total. The Morgan fingerprint density at radius 2 is 2.26 bits per heavy atom. The molecule has 2 rings (SSSR count). The lowest BCUT2D eigenvalue weighted by atomic mass is 10.1. The highest BCUT2D eigenvalue weighted by Gasteiger charge is 2.20. The number of nitriles is 1. The third-order valence-electron chi connectivity index (χ3n) is 3.19. The Labute approximate surface area is 114 Å². The van der Waals surface area contributed by atoms with Gasteiger partial charge in [0, 0.05) is 19.7 Å². The monoisotopic (exact) mass is 260 g/mol. The van der Waals surface area contributed by atoms with Crippen molar-refractivity contribution in [2.45, 2.75) is 19.4 Å². The molecule has 1 aliphatic carbocycles. The van der Waals surface area contributed by atoms with Gasteiger partial charge in [-0.15, -0.1) is 0 Å². The molecular weight excluding hydrogens is 240 g/mol. The molecule has 102 valence electrons. The Morgan fingerprint density at radius 3 is 2.95 bits per heavy atom. The van der Waals surface area contributed by atoms with Gasteiger partial charge in [-0.2, -0.15) is 5.26 Å². The van der Waals surface area contributed by atoms with E-state index in [4.69, 9.17) is 14.7 Å². The predicted molar refractivity (Wildman–Crippen MR) is 73.0 cm³/mol. The van der Waals surface area contributed by atoms with Crippen LogP contribution in [0.3, 0.4) is 0 Å². The molecule has 0 aliphatic heterocycles. The van der Waals surface area contributed by atoms with Crippen molar-refractivity contribution in [1.29, 1.82) is 5.26 Å². The van der Waals surface area contributed by atoms with Gasteiger partial charge < -0.3 is 14.8 Å². The van der Waals surface area contributed by atoms with Crippen LogP contribution < -0.4 is 10.1 Å². The lowest BCUT2D eigenvalue weighted by Gasteiger charge is -2.08. The van der Waals surface area contributed by atoms with E-state index in [1.165, 1.54) is 12.8 Å². The van der Waals surface area contributed by atoms with Crippen molar-refractivity contribution in [3.8, 4) is 11.8 Å². The predicted octanol–water partition coefficient (Wildman–Crippen LogP) is 2.08. The number of hydrogen-bond donors (Lipinski definition) is 1. The molecule has 0 heterocycles. The second-order valence-electron chi connectivity index (χ2n) is 4.84. The zero-order chi connectivity index (χ0) is 13.5. The van der Waals surface area contributed by atoms with Gasteiger partial charge in [0.2, 0.25) is 0 Å². The Bertz CT molecular complexity index is 450. The van der Waals surface area contributed by atoms with E-state index in [9.17, 15) is 0 Å². The number of rotatable bonds is 8. The maximum atomic E-state index is 9.00. The minimum absolute atomic E-state index is 0.576. The molecule has 4 heteroatoms. The van der Waals surface area contributed by atoms with E-state index in [0.717, 1.165) is 37.8 Å². The van der Waals surface area contributed by atoms with Crippen molar-refractivity contribution in [3.05, 3.63) is 29.3 Å². The number of nitrogens with one attached hydrogen (secondary N) is 1. The van der Waals surface area contributed by atoms with Crippen LogP contribution in [0, 0.1) is 17.2 Å². The Morgan fingerprint density at radius 1 is 1.42 bits per heavy atom. The summed E-state index contributed by atoms with van der Waals surface area (Å²) in [6, 6.07) is 7.80. The number of methoxy groups -OCH3 is 1. The first-order valence-corrected chi connectivity index (χ1v) is 6.69. The first-order valence-electron chi connectivity index (χ1n) is 6.69. The summed E-state index contributed by atoms with van der Waals surface area (Å²) in [5.74, 6) is 1.44. The Hall–Kier alpha value is -1.57. The summed E-state index contributed by atoms with van der Waals surface area (Å²) in [4.78, 5) is 0. The summed E-state index contributed by atoms with van der Waals surface area (Å²) in [5.41, 5.74) is 1.66.